The summed E-state index contributed by atoms with van der Waals surface area (Å²) in [7, 11) is 1.74. The number of amides is 3. The van der Waals surface area contributed by atoms with Crippen LogP contribution in [0.4, 0.5) is 4.79 Å². The van der Waals surface area contributed by atoms with E-state index in [2.05, 4.69) is 20.7 Å². The van der Waals surface area contributed by atoms with Gasteiger partial charge in [0.05, 0.1) is 0 Å². The van der Waals surface area contributed by atoms with Crippen molar-refractivity contribution in [2.24, 2.45) is 13.0 Å². The maximum atomic E-state index is 11.5. The molecule has 0 saturated heterocycles. The van der Waals surface area contributed by atoms with Gasteiger partial charge in [0.15, 0.2) is 5.82 Å². The molecule has 0 fully saturated rings. The Kier molecular flexibility index (Phi) is 6.31. The molecule has 1 rings (SSSR count). The summed E-state index contributed by atoms with van der Waals surface area (Å²) in [4.78, 5) is 37.4. The fourth-order valence-electron chi connectivity index (χ4n) is 1.69. The zero-order chi connectivity index (χ0) is 15.8. The Morgan fingerprint density at radius 2 is 2.10 bits per heavy atom. The maximum absolute atomic E-state index is 11.5. The number of aromatic nitrogens is 3. The molecule has 0 aliphatic heterocycles. The maximum Gasteiger partial charge on any atom is 0.321 e. The topological polar surface area (TPSA) is 126 Å². The Bertz CT molecular complexity index is 514. The summed E-state index contributed by atoms with van der Waals surface area (Å²) in [6.45, 7) is 1.94. The van der Waals surface area contributed by atoms with Gasteiger partial charge in [-0.1, -0.05) is 6.92 Å². The van der Waals surface area contributed by atoms with Crippen LogP contribution < -0.4 is 10.6 Å². The van der Waals surface area contributed by atoms with Crippen LogP contribution in [-0.2, 0) is 23.1 Å². The lowest BCUT2D eigenvalue weighted by atomic mass is 10.0. The van der Waals surface area contributed by atoms with Gasteiger partial charge in [0.2, 0.25) is 5.91 Å². The first-order valence-electron chi connectivity index (χ1n) is 6.50. The number of carboxylic acid groups (broad SMARTS) is 1. The average Bonchev–Trinajstić information content (AvgIpc) is 2.73. The van der Waals surface area contributed by atoms with Gasteiger partial charge in [0.1, 0.15) is 6.33 Å². The van der Waals surface area contributed by atoms with Crippen molar-refractivity contribution >= 4 is 17.9 Å². The lowest BCUT2D eigenvalue weighted by Crippen LogP contribution is -2.40. The minimum atomic E-state index is -0.970. The summed E-state index contributed by atoms with van der Waals surface area (Å²) in [5.41, 5.74) is 0. The molecular formula is C12H19N5O4. The first-order valence-corrected chi connectivity index (χ1v) is 6.50. The van der Waals surface area contributed by atoms with E-state index in [-0.39, 0.29) is 18.8 Å². The molecule has 0 radical (unpaired) electrons. The third-order valence-corrected chi connectivity index (χ3v) is 2.59. The predicted octanol–water partition coefficient (Wildman–Crippen LogP) is -0.316. The number of imide groups is 1. The van der Waals surface area contributed by atoms with Crippen LogP contribution >= 0.6 is 0 Å². The molecule has 1 aromatic rings. The summed E-state index contributed by atoms with van der Waals surface area (Å²) in [5.74, 6) is -1.20. The number of carbonyl (C=O) groups is 3. The first kappa shape index (κ1) is 16.6. The van der Waals surface area contributed by atoms with Crippen LogP contribution in [0.5, 0.6) is 0 Å². The lowest BCUT2D eigenvalue weighted by molar-refractivity contribution is -0.138. The minimum absolute atomic E-state index is 0.0124. The molecule has 9 heteroatoms. The van der Waals surface area contributed by atoms with Crippen molar-refractivity contribution in [2.75, 3.05) is 6.54 Å². The molecule has 1 unspecified atom stereocenters. The smallest absolute Gasteiger partial charge is 0.321 e. The van der Waals surface area contributed by atoms with Crippen LogP contribution in [0.2, 0.25) is 0 Å². The molecule has 0 saturated carbocycles. The van der Waals surface area contributed by atoms with Crippen molar-refractivity contribution in [3.8, 4) is 0 Å². The Morgan fingerprint density at radius 3 is 2.67 bits per heavy atom. The standard InChI is InChI=1S/C12H19N5O4/c1-8(6-11(19)20)5-10(18)15-12(21)13-4-3-9-14-7-17(2)16-9/h7-8H,3-6H2,1-2H3,(H,19,20)(H2,13,15,18,21). The molecule has 116 valence electrons. The van der Waals surface area contributed by atoms with Gasteiger partial charge >= 0.3 is 12.0 Å². The largest absolute Gasteiger partial charge is 0.481 e. The quantitative estimate of drug-likeness (QED) is 0.633. The highest BCUT2D eigenvalue weighted by Crippen LogP contribution is 2.06. The molecule has 0 spiro atoms. The number of hydrogen-bond donors (Lipinski definition) is 3. The molecule has 21 heavy (non-hydrogen) atoms. The summed E-state index contributed by atoms with van der Waals surface area (Å²) in [6, 6.07) is -0.613. The van der Waals surface area contributed by atoms with Crippen LogP contribution in [0.25, 0.3) is 0 Å². The molecular weight excluding hydrogens is 278 g/mol. The van der Waals surface area contributed by atoms with Crippen LogP contribution in [0.15, 0.2) is 6.33 Å². The van der Waals surface area contributed by atoms with Crippen LogP contribution in [0.3, 0.4) is 0 Å². The normalized spacial score (nSPS) is 11.7. The van der Waals surface area contributed by atoms with Gasteiger partial charge in [-0.2, -0.15) is 5.10 Å². The number of nitrogens with zero attached hydrogens (tertiary/aromatic N) is 3. The number of aliphatic carboxylic acids is 1. The number of hydrogen-bond acceptors (Lipinski definition) is 5. The van der Waals surface area contributed by atoms with Gasteiger partial charge < -0.3 is 10.4 Å². The number of carbonyl (C=O) groups excluding carboxylic acids is 2. The van der Waals surface area contributed by atoms with Gasteiger partial charge in [-0.15, -0.1) is 0 Å². The van der Waals surface area contributed by atoms with Crippen molar-refractivity contribution in [1.29, 1.82) is 0 Å². The second kappa shape index (κ2) is 7.98. The fraction of sp³-hybridized carbons (Fsp3) is 0.583. The van der Waals surface area contributed by atoms with E-state index in [9.17, 15) is 14.4 Å². The number of carboxylic acids is 1. The van der Waals surface area contributed by atoms with Crippen molar-refractivity contribution in [2.45, 2.75) is 26.2 Å². The van der Waals surface area contributed by atoms with Gasteiger partial charge in [-0.3, -0.25) is 19.6 Å². The summed E-state index contributed by atoms with van der Waals surface area (Å²) >= 11 is 0. The second-order valence-corrected chi connectivity index (χ2v) is 4.80. The van der Waals surface area contributed by atoms with Crippen molar-refractivity contribution in [3.05, 3.63) is 12.2 Å². The van der Waals surface area contributed by atoms with Crippen LogP contribution in [0.1, 0.15) is 25.6 Å². The zero-order valence-corrected chi connectivity index (χ0v) is 12.0. The molecule has 0 aromatic carbocycles. The van der Waals surface area contributed by atoms with E-state index in [0.717, 1.165) is 0 Å². The Labute approximate surface area is 121 Å². The molecule has 3 amide bonds. The summed E-state index contributed by atoms with van der Waals surface area (Å²) in [5, 5.41) is 17.3. The Balaban J connectivity index is 2.20. The van der Waals surface area contributed by atoms with Crippen molar-refractivity contribution in [1.82, 2.24) is 25.4 Å². The Hall–Kier alpha value is -2.45. The number of nitrogens with one attached hydrogen (secondary N) is 2. The lowest BCUT2D eigenvalue weighted by Gasteiger charge is -2.09. The molecule has 1 atom stereocenters. The molecule has 0 aliphatic carbocycles. The predicted molar refractivity (Wildman–Crippen MR) is 72.3 cm³/mol. The zero-order valence-electron chi connectivity index (χ0n) is 12.0. The highest BCUT2D eigenvalue weighted by Gasteiger charge is 2.14. The van der Waals surface area contributed by atoms with Gasteiger partial charge in [-0.05, 0) is 5.92 Å². The fourth-order valence-corrected chi connectivity index (χ4v) is 1.69. The number of aryl methyl sites for hydroxylation is 1. The number of urea groups is 1. The van der Waals surface area contributed by atoms with E-state index >= 15 is 0 Å². The summed E-state index contributed by atoms with van der Waals surface area (Å²) < 4.78 is 1.56. The molecule has 1 heterocycles. The molecule has 0 bridgehead atoms. The van der Waals surface area contributed by atoms with E-state index < -0.39 is 17.9 Å². The van der Waals surface area contributed by atoms with Gasteiger partial charge in [-0.25, -0.2) is 9.78 Å². The monoisotopic (exact) mass is 297 g/mol. The minimum Gasteiger partial charge on any atom is -0.481 e. The van der Waals surface area contributed by atoms with E-state index in [4.69, 9.17) is 5.11 Å². The van der Waals surface area contributed by atoms with E-state index in [1.54, 1.807) is 25.0 Å². The van der Waals surface area contributed by atoms with Crippen LogP contribution in [-0.4, -0.2) is 44.3 Å². The van der Waals surface area contributed by atoms with Gasteiger partial charge in [0.25, 0.3) is 0 Å². The highest BCUT2D eigenvalue weighted by atomic mass is 16.4. The third kappa shape index (κ3) is 7.04. The van der Waals surface area contributed by atoms with E-state index in [0.29, 0.717) is 18.8 Å². The summed E-state index contributed by atoms with van der Waals surface area (Å²) in [6.07, 6.45) is 1.89. The molecule has 9 nitrogen and oxygen atoms in total. The Morgan fingerprint density at radius 1 is 1.38 bits per heavy atom. The van der Waals surface area contributed by atoms with Crippen molar-refractivity contribution in [3.63, 3.8) is 0 Å². The van der Waals surface area contributed by atoms with Gasteiger partial charge in [0, 0.05) is 32.9 Å². The number of rotatable bonds is 7. The molecule has 0 aliphatic rings. The highest BCUT2D eigenvalue weighted by molar-refractivity contribution is 5.94. The van der Waals surface area contributed by atoms with E-state index in [1.807, 2.05) is 0 Å². The van der Waals surface area contributed by atoms with Crippen molar-refractivity contribution < 1.29 is 19.5 Å². The van der Waals surface area contributed by atoms with Crippen LogP contribution in [0, 0.1) is 5.92 Å². The third-order valence-electron chi connectivity index (χ3n) is 2.59. The average molecular weight is 297 g/mol. The SMILES string of the molecule is CC(CC(=O)O)CC(=O)NC(=O)NCCc1ncn(C)n1. The molecule has 1 aromatic heterocycles. The molecule has 3 N–H and O–H groups in total. The van der Waals surface area contributed by atoms with E-state index in [1.165, 1.54) is 0 Å². The first-order chi connectivity index (χ1) is 9.86. The second-order valence-electron chi connectivity index (χ2n) is 4.80.